The van der Waals surface area contributed by atoms with Crippen molar-refractivity contribution in [1.29, 1.82) is 0 Å². The van der Waals surface area contributed by atoms with Crippen LogP contribution in [0.1, 0.15) is 31.9 Å². The van der Waals surface area contributed by atoms with Gasteiger partial charge in [-0.25, -0.2) is 0 Å². The van der Waals surface area contributed by atoms with Crippen molar-refractivity contribution in [3.63, 3.8) is 0 Å². The Morgan fingerprint density at radius 3 is 2.76 bits per heavy atom. The molecule has 2 rings (SSSR count). The second-order valence-corrected chi connectivity index (χ2v) is 5.02. The molecule has 4 heteroatoms. The van der Waals surface area contributed by atoms with Gasteiger partial charge in [-0.2, -0.15) is 0 Å². The van der Waals surface area contributed by atoms with Crippen LogP contribution in [0.4, 0.5) is 0 Å². The minimum Gasteiger partial charge on any atom is -0.483 e. The number of hydrogen-bond acceptors (Lipinski definition) is 3. The zero-order chi connectivity index (χ0) is 15.2. The van der Waals surface area contributed by atoms with Crippen LogP contribution in [0.2, 0.25) is 0 Å². The van der Waals surface area contributed by atoms with Crippen LogP contribution >= 0.6 is 0 Å². The zero-order valence-corrected chi connectivity index (χ0v) is 12.4. The van der Waals surface area contributed by atoms with Gasteiger partial charge in [0.25, 0.3) is 5.91 Å². The number of aliphatic hydroxyl groups is 1. The number of rotatable bonds is 6. The van der Waals surface area contributed by atoms with Crippen LogP contribution in [0.25, 0.3) is 10.8 Å². The lowest BCUT2D eigenvalue weighted by Crippen LogP contribution is -2.29. The quantitative estimate of drug-likeness (QED) is 0.859. The SMILES string of the molecule is CCCNC(=O)COc1c([C@H](C)O)ccc2ccccc12. The molecular formula is C17H21NO3. The van der Waals surface area contributed by atoms with Crippen molar-refractivity contribution < 1.29 is 14.6 Å². The summed E-state index contributed by atoms with van der Waals surface area (Å²) in [6.45, 7) is 4.28. The van der Waals surface area contributed by atoms with E-state index in [1.54, 1.807) is 6.92 Å². The summed E-state index contributed by atoms with van der Waals surface area (Å²) in [5, 5.41) is 14.6. The fourth-order valence-electron chi connectivity index (χ4n) is 2.20. The van der Waals surface area contributed by atoms with Gasteiger partial charge in [-0.05, 0) is 18.7 Å². The van der Waals surface area contributed by atoms with Crippen molar-refractivity contribution >= 4 is 16.7 Å². The monoisotopic (exact) mass is 287 g/mol. The van der Waals surface area contributed by atoms with Crippen LogP contribution in [0, 0.1) is 0 Å². The van der Waals surface area contributed by atoms with E-state index in [-0.39, 0.29) is 12.5 Å². The van der Waals surface area contributed by atoms with Gasteiger partial charge in [-0.15, -0.1) is 0 Å². The molecule has 21 heavy (non-hydrogen) atoms. The molecule has 1 amide bonds. The molecule has 0 fully saturated rings. The number of benzene rings is 2. The number of amides is 1. The average molecular weight is 287 g/mol. The number of aliphatic hydroxyl groups excluding tert-OH is 1. The van der Waals surface area contributed by atoms with Crippen molar-refractivity contribution in [1.82, 2.24) is 5.32 Å². The van der Waals surface area contributed by atoms with Crippen molar-refractivity contribution in [3.8, 4) is 5.75 Å². The Hall–Kier alpha value is -2.07. The highest BCUT2D eigenvalue weighted by Gasteiger charge is 2.14. The first-order valence-corrected chi connectivity index (χ1v) is 7.22. The largest absolute Gasteiger partial charge is 0.483 e. The first-order chi connectivity index (χ1) is 10.1. The minimum atomic E-state index is -0.650. The number of fused-ring (bicyclic) bond motifs is 1. The van der Waals surface area contributed by atoms with Gasteiger partial charge in [0.15, 0.2) is 6.61 Å². The van der Waals surface area contributed by atoms with E-state index >= 15 is 0 Å². The highest BCUT2D eigenvalue weighted by molar-refractivity contribution is 5.90. The Balaban J connectivity index is 2.27. The molecule has 0 saturated heterocycles. The van der Waals surface area contributed by atoms with E-state index in [0.717, 1.165) is 17.2 Å². The molecule has 2 aromatic rings. The molecule has 0 bridgehead atoms. The smallest absolute Gasteiger partial charge is 0.257 e. The third kappa shape index (κ3) is 3.73. The molecule has 4 nitrogen and oxygen atoms in total. The Morgan fingerprint density at radius 1 is 1.29 bits per heavy atom. The van der Waals surface area contributed by atoms with Crippen LogP contribution in [-0.4, -0.2) is 24.2 Å². The van der Waals surface area contributed by atoms with Crippen LogP contribution in [-0.2, 0) is 4.79 Å². The molecule has 0 radical (unpaired) electrons. The summed E-state index contributed by atoms with van der Waals surface area (Å²) in [4.78, 5) is 11.7. The molecule has 1 atom stereocenters. The normalized spacial score (nSPS) is 12.1. The molecule has 0 aliphatic carbocycles. The molecule has 0 unspecified atom stereocenters. The third-order valence-corrected chi connectivity index (χ3v) is 3.28. The molecule has 0 spiro atoms. The van der Waals surface area contributed by atoms with Gasteiger partial charge < -0.3 is 15.2 Å². The predicted octanol–water partition coefficient (Wildman–Crippen LogP) is 2.80. The molecule has 0 heterocycles. The standard InChI is InChI=1S/C17H21NO3/c1-3-10-18-16(20)11-21-17-14(12(2)19)9-8-13-6-4-5-7-15(13)17/h4-9,12,19H,3,10-11H2,1-2H3,(H,18,20)/t12-/m0/s1. The van der Waals surface area contributed by atoms with E-state index in [1.165, 1.54) is 0 Å². The molecule has 2 N–H and O–H groups in total. The molecule has 112 valence electrons. The van der Waals surface area contributed by atoms with Crippen molar-refractivity contribution in [2.75, 3.05) is 13.2 Å². The fraction of sp³-hybridized carbons (Fsp3) is 0.353. The van der Waals surface area contributed by atoms with Gasteiger partial charge in [0, 0.05) is 17.5 Å². The van der Waals surface area contributed by atoms with Crippen LogP contribution in [0.3, 0.4) is 0 Å². The van der Waals surface area contributed by atoms with Gasteiger partial charge in [0.1, 0.15) is 5.75 Å². The second-order valence-electron chi connectivity index (χ2n) is 5.02. The summed E-state index contributed by atoms with van der Waals surface area (Å²) in [6, 6.07) is 11.6. The highest BCUT2D eigenvalue weighted by Crippen LogP contribution is 2.33. The maximum atomic E-state index is 11.7. The van der Waals surface area contributed by atoms with Crippen molar-refractivity contribution in [3.05, 3.63) is 42.0 Å². The molecule has 0 saturated carbocycles. The summed E-state index contributed by atoms with van der Waals surface area (Å²) in [6.07, 6.45) is 0.238. The number of nitrogens with one attached hydrogen (secondary N) is 1. The van der Waals surface area contributed by atoms with E-state index in [2.05, 4.69) is 5.32 Å². The maximum Gasteiger partial charge on any atom is 0.257 e. The Kier molecular flexibility index (Phi) is 5.17. The Labute approximate surface area is 124 Å². The summed E-state index contributed by atoms with van der Waals surface area (Å²) in [7, 11) is 0. The van der Waals surface area contributed by atoms with Gasteiger partial charge in [-0.3, -0.25) is 4.79 Å². The predicted molar refractivity (Wildman–Crippen MR) is 83.4 cm³/mol. The van der Waals surface area contributed by atoms with Gasteiger partial charge in [0.2, 0.25) is 0 Å². The van der Waals surface area contributed by atoms with E-state index in [4.69, 9.17) is 4.74 Å². The summed E-state index contributed by atoms with van der Waals surface area (Å²) in [5.74, 6) is 0.427. The first-order valence-electron chi connectivity index (χ1n) is 7.22. The first kappa shape index (κ1) is 15.3. The minimum absolute atomic E-state index is 0.0479. The van der Waals surface area contributed by atoms with E-state index < -0.39 is 6.10 Å². The Bertz CT molecular complexity index is 622. The van der Waals surface area contributed by atoms with Gasteiger partial charge in [0.05, 0.1) is 6.10 Å². The zero-order valence-electron chi connectivity index (χ0n) is 12.4. The summed E-state index contributed by atoms with van der Waals surface area (Å²) < 4.78 is 5.70. The molecule has 0 aliphatic heterocycles. The number of carbonyl (C=O) groups is 1. The molecule has 0 aliphatic rings. The van der Waals surface area contributed by atoms with Crippen LogP contribution < -0.4 is 10.1 Å². The van der Waals surface area contributed by atoms with E-state index in [1.807, 2.05) is 43.3 Å². The fourth-order valence-corrected chi connectivity index (χ4v) is 2.20. The van der Waals surface area contributed by atoms with Crippen LogP contribution in [0.15, 0.2) is 36.4 Å². The lowest BCUT2D eigenvalue weighted by Gasteiger charge is -2.16. The number of carbonyl (C=O) groups excluding carboxylic acids is 1. The lowest BCUT2D eigenvalue weighted by atomic mass is 10.0. The van der Waals surface area contributed by atoms with E-state index in [9.17, 15) is 9.90 Å². The summed E-state index contributed by atoms with van der Waals surface area (Å²) in [5.41, 5.74) is 0.692. The number of ether oxygens (including phenoxy) is 1. The van der Waals surface area contributed by atoms with Gasteiger partial charge in [-0.1, -0.05) is 43.3 Å². The molecule has 2 aromatic carbocycles. The van der Waals surface area contributed by atoms with Crippen molar-refractivity contribution in [2.24, 2.45) is 0 Å². The highest BCUT2D eigenvalue weighted by atomic mass is 16.5. The topological polar surface area (TPSA) is 58.6 Å². The average Bonchev–Trinajstić information content (AvgIpc) is 2.50. The van der Waals surface area contributed by atoms with Gasteiger partial charge >= 0.3 is 0 Å². The third-order valence-electron chi connectivity index (χ3n) is 3.28. The summed E-state index contributed by atoms with van der Waals surface area (Å²) >= 11 is 0. The molecule has 0 aromatic heterocycles. The lowest BCUT2D eigenvalue weighted by molar-refractivity contribution is -0.123. The number of hydrogen-bond donors (Lipinski definition) is 2. The van der Waals surface area contributed by atoms with Crippen LogP contribution in [0.5, 0.6) is 5.75 Å². The van der Waals surface area contributed by atoms with E-state index in [0.29, 0.717) is 17.9 Å². The van der Waals surface area contributed by atoms with Crippen molar-refractivity contribution in [2.45, 2.75) is 26.4 Å². The maximum absolute atomic E-state index is 11.7. The molecular weight excluding hydrogens is 266 g/mol. The Morgan fingerprint density at radius 2 is 2.05 bits per heavy atom. The second kappa shape index (κ2) is 7.09.